The van der Waals surface area contributed by atoms with Crippen LogP contribution in [0.4, 0.5) is 0 Å². The van der Waals surface area contributed by atoms with Gasteiger partial charge in [0, 0.05) is 13.0 Å². The van der Waals surface area contributed by atoms with E-state index in [1.807, 2.05) is 0 Å². The topological polar surface area (TPSA) is 49.3 Å². The van der Waals surface area contributed by atoms with Gasteiger partial charge >= 0.3 is 5.97 Å². The van der Waals surface area contributed by atoms with E-state index in [1.54, 1.807) is 0 Å². The van der Waals surface area contributed by atoms with Crippen LogP contribution in [-0.4, -0.2) is 24.2 Å². The summed E-state index contributed by atoms with van der Waals surface area (Å²) in [7, 11) is 0. The standard InChI is InChI=1S/C10H17NO2/c12-9(13)3-2-8-6-10(8)4-1-5-11-7-10/h8,11H,1-7H2,(H,12,13). The molecule has 0 aromatic heterocycles. The summed E-state index contributed by atoms with van der Waals surface area (Å²) in [4.78, 5) is 10.4. The first-order valence-electron chi connectivity index (χ1n) is 5.15. The van der Waals surface area contributed by atoms with Crippen LogP contribution in [-0.2, 0) is 4.79 Å². The first kappa shape index (κ1) is 9.00. The third kappa shape index (κ3) is 1.85. The molecule has 13 heavy (non-hydrogen) atoms. The predicted molar refractivity (Wildman–Crippen MR) is 49.5 cm³/mol. The number of aliphatic carboxylic acids is 1. The molecule has 1 saturated heterocycles. The van der Waals surface area contributed by atoms with Crippen LogP contribution in [0.3, 0.4) is 0 Å². The van der Waals surface area contributed by atoms with Gasteiger partial charge in [0.25, 0.3) is 0 Å². The first-order valence-corrected chi connectivity index (χ1v) is 5.15. The third-order valence-corrected chi connectivity index (χ3v) is 3.57. The van der Waals surface area contributed by atoms with Crippen molar-refractivity contribution in [3.8, 4) is 0 Å². The molecule has 1 spiro atoms. The Morgan fingerprint density at radius 3 is 3.08 bits per heavy atom. The lowest BCUT2D eigenvalue weighted by Crippen LogP contribution is -2.32. The highest BCUT2D eigenvalue weighted by atomic mass is 16.4. The molecule has 3 heteroatoms. The van der Waals surface area contributed by atoms with Gasteiger partial charge < -0.3 is 10.4 Å². The summed E-state index contributed by atoms with van der Waals surface area (Å²) in [6, 6.07) is 0. The maximum atomic E-state index is 10.4. The average Bonchev–Trinajstić information content (AvgIpc) is 2.77. The van der Waals surface area contributed by atoms with Crippen molar-refractivity contribution in [3.05, 3.63) is 0 Å². The zero-order valence-electron chi connectivity index (χ0n) is 7.88. The van der Waals surface area contributed by atoms with Crippen molar-refractivity contribution in [3.63, 3.8) is 0 Å². The molecule has 1 heterocycles. The van der Waals surface area contributed by atoms with Gasteiger partial charge in [0.05, 0.1) is 0 Å². The molecule has 2 fully saturated rings. The van der Waals surface area contributed by atoms with Crippen molar-refractivity contribution in [2.24, 2.45) is 11.3 Å². The summed E-state index contributed by atoms with van der Waals surface area (Å²) in [5.41, 5.74) is 0.508. The van der Waals surface area contributed by atoms with Crippen LogP contribution in [0.5, 0.6) is 0 Å². The van der Waals surface area contributed by atoms with Crippen LogP contribution in [0.15, 0.2) is 0 Å². The maximum Gasteiger partial charge on any atom is 0.303 e. The van der Waals surface area contributed by atoms with E-state index in [0.29, 0.717) is 17.8 Å². The zero-order valence-corrected chi connectivity index (χ0v) is 7.88. The molecular weight excluding hydrogens is 166 g/mol. The van der Waals surface area contributed by atoms with Crippen LogP contribution in [0.25, 0.3) is 0 Å². The van der Waals surface area contributed by atoms with Gasteiger partial charge in [0.15, 0.2) is 0 Å². The smallest absolute Gasteiger partial charge is 0.303 e. The van der Waals surface area contributed by atoms with Gasteiger partial charge in [-0.2, -0.15) is 0 Å². The van der Waals surface area contributed by atoms with E-state index < -0.39 is 5.97 Å². The molecule has 0 radical (unpaired) electrons. The van der Waals surface area contributed by atoms with E-state index >= 15 is 0 Å². The van der Waals surface area contributed by atoms with Crippen molar-refractivity contribution in [2.45, 2.75) is 32.1 Å². The van der Waals surface area contributed by atoms with Crippen LogP contribution in [0, 0.1) is 11.3 Å². The minimum Gasteiger partial charge on any atom is -0.481 e. The second-order valence-corrected chi connectivity index (χ2v) is 4.48. The van der Waals surface area contributed by atoms with Crippen molar-refractivity contribution in [1.29, 1.82) is 0 Å². The van der Waals surface area contributed by atoms with Crippen LogP contribution < -0.4 is 5.32 Å². The maximum absolute atomic E-state index is 10.4. The van der Waals surface area contributed by atoms with E-state index in [-0.39, 0.29) is 0 Å². The Balaban J connectivity index is 1.76. The number of hydrogen-bond acceptors (Lipinski definition) is 2. The summed E-state index contributed by atoms with van der Waals surface area (Å²) in [6.07, 6.45) is 5.07. The molecule has 3 nitrogen and oxygen atoms in total. The molecule has 2 N–H and O–H groups in total. The number of hydrogen-bond donors (Lipinski definition) is 2. The van der Waals surface area contributed by atoms with Gasteiger partial charge in [-0.25, -0.2) is 0 Å². The van der Waals surface area contributed by atoms with E-state index in [9.17, 15) is 4.79 Å². The highest BCUT2D eigenvalue weighted by Crippen LogP contribution is 2.58. The molecule has 0 bridgehead atoms. The van der Waals surface area contributed by atoms with Crippen LogP contribution >= 0.6 is 0 Å². The molecule has 1 saturated carbocycles. The van der Waals surface area contributed by atoms with Crippen LogP contribution in [0.1, 0.15) is 32.1 Å². The SMILES string of the molecule is O=C(O)CCC1CC12CCCNC2. The molecule has 74 valence electrons. The molecule has 0 amide bonds. The number of carboxylic acids is 1. The lowest BCUT2D eigenvalue weighted by Gasteiger charge is -2.23. The fourth-order valence-corrected chi connectivity index (χ4v) is 2.65. The summed E-state index contributed by atoms with van der Waals surface area (Å²) in [5.74, 6) is 0.0437. The molecular formula is C10H17NO2. The van der Waals surface area contributed by atoms with Gasteiger partial charge in [-0.1, -0.05) is 0 Å². The third-order valence-electron chi connectivity index (χ3n) is 3.57. The Bertz CT molecular complexity index is 209. The second kappa shape index (κ2) is 3.29. The van der Waals surface area contributed by atoms with E-state index in [4.69, 9.17) is 5.11 Å². The molecule has 1 aliphatic heterocycles. The van der Waals surface area contributed by atoms with Gasteiger partial charge in [0.2, 0.25) is 0 Å². The van der Waals surface area contributed by atoms with Crippen molar-refractivity contribution in [1.82, 2.24) is 5.32 Å². The fraction of sp³-hybridized carbons (Fsp3) is 0.900. The first-order chi connectivity index (χ1) is 6.23. The molecule has 2 rings (SSSR count). The minimum absolute atomic E-state index is 0.354. The van der Waals surface area contributed by atoms with E-state index in [1.165, 1.54) is 19.3 Å². The summed E-state index contributed by atoms with van der Waals surface area (Å²) >= 11 is 0. The zero-order chi connectivity index (χ0) is 9.31. The highest BCUT2D eigenvalue weighted by Gasteiger charge is 2.53. The summed E-state index contributed by atoms with van der Waals surface area (Å²) < 4.78 is 0. The number of carboxylic acid groups (broad SMARTS) is 1. The number of rotatable bonds is 3. The number of nitrogens with one attached hydrogen (secondary N) is 1. The monoisotopic (exact) mass is 183 g/mol. The summed E-state index contributed by atoms with van der Waals surface area (Å²) in [6.45, 7) is 2.27. The Hall–Kier alpha value is -0.570. The van der Waals surface area contributed by atoms with Crippen molar-refractivity contribution < 1.29 is 9.90 Å². The highest BCUT2D eigenvalue weighted by molar-refractivity contribution is 5.66. The number of carbonyl (C=O) groups is 1. The lowest BCUT2D eigenvalue weighted by atomic mass is 9.92. The molecule has 2 aliphatic rings. The molecule has 2 atom stereocenters. The Kier molecular flexibility index (Phi) is 2.28. The summed E-state index contributed by atoms with van der Waals surface area (Å²) in [5, 5.41) is 12.0. The van der Waals surface area contributed by atoms with Gasteiger partial charge in [-0.05, 0) is 43.6 Å². The second-order valence-electron chi connectivity index (χ2n) is 4.48. The largest absolute Gasteiger partial charge is 0.481 e. The molecule has 0 aromatic rings. The van der Waals surface area contributed by atoms with Crippen LogP contribution in [0.2, 0.25) is 0 Å². The fourth-order valence-electron chi connectivity index (χ4n) is 2.65. The molecule has 0 aromatic carbocycles. The van der Waals surface area contributed by atoms with Crippen molar-refractivity contribution >= 4 is 5.97 Å². The van der Waals surface area contributed by atoms with E-state index in [0.717, 1.165) is 19.5 Å². The Labute approximate surface area is 78.5 Å². The minimum atomic E-state index is -0.647. The normalized spacial score (nSPS) is 37.7. The Morgan fingerprint density at radius 1 is 1.62 bits per heavy atom. The van der Waals surface area contributed by atoms with Gasteiger partial charge in [-0.3, -0.25) is 4.79 Å². The quantitative estimate of drug-likeness (QED) is 0.692. The van der Waals surface area contributed by atoms with E-state index in [2.05, 4.69) is 5.32 Å². The lowest BCUT2D eigenvalue weighted by molar-refractivity contribution is -0.137. The number of piperidine rings is 1. The molecule has 1 aliphatic carbocycles. The Morgan fingerprint density at radius 2 is 2.46 bits per heavy atom. The molecule has 2 unspecified atom stereocenters. The predicted octanol–water partition coefficient (Wildman–Crippen LogP) is 1.24. The van der Waals surface area contributed by atoms with Gasteiger partial charge in [-0.15, -0.1) is 0 Å². The average molecular weight is 183 g/mol. The van der Waals surface area contributed by atoms with Gasteiger partial charge in [0.1, 0.15) is 0 Å². The van der Waals surface area contributed by atoms with Crippen molar-refractivity contribution in [2.75, 3.05) is 13.1 Å².